The van der Waals surface area contributed by atoms with Crippen LogP contribution in [0.1, 0.15) is 24.3 Å². The minimum absolute atomic E-state index is 0.00246. The first-order valence-corrected chi connectivity index (χ1v) is 10.1. The number of halogens is 1. The molecule has 1 aliphatic heterocycles. The van der Waals surface area contributed by atoms with Crippen molar-refractivity contribution in [3.63, 3.8) is 0 Å². The van der Waals surface area contributed by atoms with Gasteiger partial charge in [0.1, 0.15) is 0 Å². The predicted molar refractivity (Wildman–Crippen MR) is 113 cm³/mol. The van der Waals surface area contributed by atoms with E-state index in [1.807, 2.05) is 18.2 Å². The highest BCUT2D eigenvalue weighted by molar-refractivity contribution is 6.33. The number of hydrogen-bond acceptors (Lipinski definition) is 5. The molecule has 1 aliphatic rings. The van der Waals surface area contributed by atoms with Gasteiger partial charge < -0.3 is 14.7 Å². The SMILES string of the molecule is Cc1ccc(N2CCC(C(=O)NCc3nc(-c4ccccc4Cl)no3)CC2)cc1. The van der Waals surface area contributed by atoms with Gasteiger partial charge in [0, 0.05) is 30.3 Å². The summed E-state index contributed by atoms with van der Waals surface area (Å²) in [5, 5.41) is 7.44. The van der Waals surface area contributed by atoms with Crippen LogP contribution in [-0.2, 0) is 11.3 Å². The monoisotopic (exact) mass is 410 g/mol. The summed E-state index contributed by atoms with van der Waals surface area (Å²) in [5.41, 5.74) is 3.17. The van der Waals surface area contributed by atoms with Gasteiger partial charge in [-0.2, -0.15) is 4.98 Å². The van der Waals surface area contributed by atoms with Crippen molar-refractivity contribution in [3.8, 4) is 11.4 Å². The molecular formula is C22H23ClN4O2. The number of rotatable bonds is 5. The highest BCUT2D eigenvalue weighted by Crippen LogP contribution is 2.25. The summed E-state index contributed by atoms with van der Waals surface area (Å²) in [6.45, 7) is 4.05. The number of hydrogen-bond donors (Lipinski definition) is 1. The van der Waals surface area contributed by atoms with Gasteiger partial charge in [0.2, 0.25) is 17.6 Å². The molecular weight excluding hydrogens is 388 g/mol. The highest BCUT2D eigenvalue weighted by atomic mass is 35.5. The van der Waals surface area contributed by atoms with Gasteiger partial charge in [0.05, 0.1) is 11.6 Å². The number of amides is 1. The Hall–Kier alpha value is -2.86. The van der Waals surface area contributed by atoms with Gasteiger partial charge in [-0.05, 0) is 44.0 Å². The van der Waals surface area contributed by atoms with Gasteiger partial charge in [-0.3, -0.25) is 4.79 Å². The third-order valence-electron chi connectivity index (χ3n) is 5.26. The molecule has 1 N–H and O–H groups in total. The summed E-state index contributed by atoms with van der Waals surface area (Å²) in [5.74, 6) is 0.824. The van der Waals surface area contributed by atoms with E-state index in [1.54, 1.807) is 6.07 Å². The van der Waals surface area contributed by atoms with Crippen molar-refractivity contribution in [1.29, 1.82) is 0 Å². The number of carbonyl (C=O) groups is 1. The Kier molecular flexibility index (Phi) is 5.81. The minimum Gasteiger partial charge on any atom is -0.371 e. The second kappa shape index (κ2) is 8.66. The minimum atomic E-state index is 0.00246. The predicted octanol–water partition coefficient (Wildman–Crippen LogP) is 4.23. The lowest BCUT2D eigenvalue weighted by Crippen LogP contribution is -2.40. The first-order chi connectivity index (χ1) is 14.1. The highest BCUT2D eigenvalue weighted by Gasteiger charge is 2.25. The van der Waals surface area contributed by atoms with Gasteiger partial charge >= 0.3 is 0 Å². The summed E-state index contributed by atoms with van der Waals surface area (Å²) in [4.78, 5) is 19.2. The molecule has 0 spiro atoms. The number of nitrogens with zero attached hydrogens (tertiary/aromatic N) is 3. The van der Waals surface area contributed by atoms with Crippen LogP contribution in [0.5, 0.6) is 0 Å². The zero-order valence-corrected chi connectivity index (χ0v) is 17.0. The molecule has 29 heavy (non-hydrogen) atoms. The van der Waals surface area contributed by atoms with Crippen LogP contribution in [0.15, 0.2) is 53.1 Å². The Morgan fingerprint density at radius 1 is 1.17 bits per heavy atom. The Bertz CT molecular complexity index is 978. The maximum atomic E-state index is 12.5. The fourth-order valence-electron chi connectivity index (χ4n) is 3.54. The van der Waals surface area contributed by atoms with Crippen molar-refractivity contribution >= 4 is 23.2 Å². The fourth-order valence-corrected chi connectivity index (χ4v) is 3.76. The molecule has 2 aromatic carbocycles. The van der Waals surface area contributed by atoms with Gasteiger partial charge in [-0.25, -0.2) is 0 Å². The largest absolute Gasteiger partial charge is 0.371 e. The summed E-state index contributed by atoms with van der Waals surface area (Å²) < 4.78 is 5.25. The molecule has 2 heterocycles. The number of aromatic nitrogens is 2. The molecule has 1 saturated heterocycles. The smallest absolute Gasteiger partial charge is 0.246 e. The third-order valence-corrected chi connectivity index (χ3v) is 5.59. The van der Waals surface area contributed by atoms with Crippen LogP contribution in [0.3, 0.4) is 0 Å². The molecule has 3 aromatic rings. The number of anilines is 1. The average Bonchev–Trinajstić information content (AvgIpc) is 3.22. The van der Waals surface area contributed by atoms with Crippen molar-refractivity contribution in [2.45, 2.75) is 26.3 Å². The van der Waals surface area contributed by atoms with Gasteiger partial charge in [0.15, 0.2) is 0 Å². The van der Waals surface area contributed by atoms with Crippen molar-refractivity contribution < 1.29 is 9.32 Å². The molecule has 150 valence electrons. The number of benzene rings is 2. The molecule has 7 heteroatoms. The Labute approximate surface area is 174 Å². The van der Waals surface area contributed by atoms with Crippen LogP contribution in [0.4, 0.5) is 5.69 Å². The molecule has 4 rings (SSSR count). The van der Waals surface area contributed by atoms with Crippen molar-refractivity contribution in [2.24, 2.45) is 5.92 Å². The number of aryl methyl sites for hydroxylation is 1. The van der Waals surface area contributed by atoms with Crippen LogP contribution < -0.4 is 10.2 Å². The molecule has 6 nitrogen and oxygen atoms in total. The molecule has 0 atom stereocenters. The van der Waals surface area contributed by atoms with Crippen LogP contribution >= 0.6 is 11.6 Å². The third kappa shape index (κ3) is 4.59. The van der Waals surface area contributed by atoms with Gasteiger partial charge in [-0.1, -0.05) is 46.6 Å². The van der Waals surface area contributed by atoms with E-state index in [9.17, 15) is 4.79 Å². The van der Waals surface area contributed by atoms with Crippen LogP contribution in [0.25, 0.3) is 11.4 Å². The standard InChI is InChI=1S/C22H23ClN4O2/c1-15-6-8-17(9-7-15)27-12-10-16(11-13-27)22(28)24-14-20-25-21(26-29-20)18-4-2-3-5-19(18)23/h2-9,16H,10-14H2,1H3,(H,24,28). The van der Waals surface area contributed by atoms with Crippen LogP contribution in [0.2, 0.25) is 5.02 Å². The first kappa shape index (κ1) is 19.5. The Morgan fingerprint density at radius 2 is 1.90 bits per heavy atom. The molecule has 0 saturated carbocycles. The maximum Gasteiger partial charge on any atom is 0.246 e. The second-order valence-corrected chi connectivity index (χ2v) is 7.71. The zero-order valence-electron chi connectivity index (χ0n) is 16.3. The molecule has 0 bridgehead atoms. The number of carbonyl (C=O) groups excluding carboxylic acids is 1. The van der Waals surface area contributed by atoms with E-state index in [2.05, 4.69) is 51.5 Å². The zero-order chi connectivity index (χ0) is 20.2. The molecule has 1 fully saturated rings. The molecule has 0 unspecified atom stereocenters. The van der Waals surface area contributed by atoms with Crippen LogP contribution in [-0.4, -0.2) is 29.1 Å². The van der Waals surface area contributed by atoms with E-state index in [1.165, 1.54) is 11.3 Å². The van der Waals surface area contributed by atoms with Gasteiger partial charge in [-0.15, -0.1) is 0 Å². The molecule has 1 aromatic heterocycles. The summed E-state index contributed by atoms with van der Waals surface area (Å²) in [7, 11) is 0. The van der Waals surface area contributed by atoms with Gasteiger partial charge in [0.25, 0.3) is 0 Å². The first-order valence-electron chi connectivity index (χ1n) is 9.77. The summed E-state index contributed by atoms with van der Waals surface area (Å²) >= 11 is 6.17. The quantitative estimate of drug-likeness (QED) is 0.681. The lowest BCUT2D eigenvalue weighted by molar-refractivity contribution is -0.125. The second-order valence-electron chi connectivity index (χ2n) is 7.31. The Morgan fingerprint density at radius 3 is 2.62 bits per heavy atom. The Balaban J connectivity index is 1.29. The van der Waals surface area contributed by atoms with Crippen molar-refractivity contribution in [1.82, 2.24) is 15.5 Å². The van der Waals surface area contributed by atoms with E-state index in [-0.39, 0.29) is 18.4 Å². The summed E-state index contributed by atoms with van der Waals surface area (Å²) in [6.07, 6.45) is 1.66. The van der Waals surface area contributed by atoms with E-state index < -0.39 is 0 Å². The van der Waals surface area contributed by atoms with E-state index in [0.29, 0.717) is 22.3 Å². The maximum absolute atomic E-state index is 12.5. The van der Waals surface area contributed by atoms with E-state index in [4.69, 9.17) is 16.1 Å². The van der Waals surface area contributed by atoms with E-state index in [0.717, 1.165) is 25.9 Å². The molecule has 0 aliphatic carbocycles. The number of nitrogens with one attached hydrogen (secondary N) is 1. The lowest BCUT2D eigenvalue weighted by atomic mass is 9.95. The van der Waals surface area contributed by atoms with Crippen LogP contribution in [0, 0.1) is 12.8 Å². The van der Waals surface area contributed by atoms with Crippen molar-refractivity contribution in [3.05, 3.63) is 65.0 Å². The molecule has 0 radical (unpaired) electrons. The number of piperidine rings is 1. The average molecular weight is 411 g/mol. The molecule has 1 amide bonds. The fraction of sp³-hybridized carbons (Fsp3) is 0.318. The lowest BCUT2D eigenvalue weighted by Gasteiger charge is -2.33. The van der Waals surface area contributed by atoms with Crippen molar-refractivity contribution in [2.75, 3.05) is 18.0 Å². The summed E-state index contributed by atoms with van der Waals surface area (Å²) in [6, 6.07) is 15.8. The normalized spacial score (nSPS) is 14.8. The van der Waals surface area contributed by atoms with E-state index >= 15 is 0 Å². The topological polar surface area (TPSA) is 71.3 Å².